The van der Waals surface area contributed by atoms with E-state index in [1.54, 1.807) is 0 Å². The second-order valence-electron chi connectivity index (χ2n) is 6.61. The summed E-state index contributed by atoms with van der Waals surface area (Å²) in [5.41, 5.74) is -0.0257. The van der Waals surface area contributed by atoms with Crippen molar-refractivity contribution in [3.63, 3.8) is 0 Å². The Labute approximate surface area is 152 Å². The highest BCUT2D eigenvalue weighted by atomic mass is 32.1. The largest absolute Gasteiger partial charge is 0.481 e. The number of ether oxygens (including phenoxy) is 2. The second-order valence-corrected chi connectivity index (χ2v) is 7.14. The summed E-state index contributed by atoms with van der Waals surface area (Å²) in [7, 11) is 0. The van der Waals surface area contributed by atoms with E-state index < -0.39 is 12.1 Å². The van der Waals surface area contributed by atoms with Gasteiger partial charge in [0.1, 0.15) is 12.7 Å². The van der Waals surface area contributed by atoms with Crippen LogP contribution in [0.4, 0.5) is 5.82 Å². The average molecular weight is 376 g/mol. The zero-order valence-electron chi connectivity index (χ0n) is 15.2. The summed E-state index contributed by atoms with van der Waals surface area (Å²) < 4.78 is 19.4. The van der Waals surface area contributed by atoms with Crippen LogP contribution >= 0.6 is 11.7 Å². The predicted octanol–water partition coefficient (Wildman–Crippen LogP) is 0.593. The normalized spacial score (nSPS) is 16.0. The number of aliphatic hydroxyl groups is 1. The summed E-state index contributed by atoms with van der Waals surface area (Å²) >= 11 is 1.12. The number of morpholine rings is 1. The summed E-state index contributed by atoms with van der Waals surface area (Å²) in [6.07, 6.45) is -0.580. The van der Waals surface area contributed by atoms with Crippen LogP contribution in [0.2, 0.25) is 0 Å². The van der Waals surface area contributed by atoms with Crippen molar-refractivity contribution in [2.24, 2.45) is 0 Å². The molecule has 0 aromatic carbocycles. The van der Waals surface area contributed by atoms with Gasteiger partial charge in [0.15, 0.2) is 0 Å². The number of carbonyl (C=O) groups is 1. The first kappa shape index (κ1) is 21.6. The van der Waals surface area contributed by atoms with E-state index in [1.807, 2.05) is 0 Å². The summed E-state index contributed by atoms with van der Waals surface area (Å²) in [5, 5.41) is 20.6. The molecule has 2 heterocycles. The molecule has 0 saturated carbocycles. The molecule has 0 spiro atoms. The van der Waals surface area contributed by atoms with E-state index in [0.29, 0.717) is 25.6 Å². The molecular weight excluding hydrogens is 348 g/mol. The Morgan fingerprint density at radius 3 is 2.56 bits per heavy atom. The van der Waals surface area contributed by atoms with Crippen LogP contribution in [0.1, 0.15) is 27.7 Å². The first-order valence-corrected chi connectivity index (χ1v) is 8.82. The van der Waals surface area contributed by atoms with Gasteiger partial charge in [0, 0.05) is 32.1 Å². The Balaban J connectivity index is 0.000000705. The van der Waals surface area contributed by atoms with Gasteiger partial charge in [0.2, 0.25) is 5.82 Å². The van der Waals surface area contributed by atoms with E-state index in [4.69, 9.17) is 19.4 Å². The summed E-state index contributed by atoms with van der Waals surface area (Å²) in [6.45, 7) is 10.9. The second kappa shape index (κ2) is 10.5. The first-order valence-electron chi connectivity index (χ1n) is 8.09. The Kier molecular flexibility index (Phi) is 9.04. The molecule has 0 aliphatic carbocycles. The van der Waals surface area contributed by atoms with Crippen molar-refractivity contribution < 1.29 is 24.5 Å². The van der Waals surface area contributed by atoms with Crippen molar-refractivity contribution in [1.82, 2.24) is 14.1 Å². The van der Waals surface area contributed by atoms with Gasteiger partial charge >= 0.3 is 0 Å². The molecule has 3 N–H and O–H groups in total. The molecule has 9 nitrogen and oxygen atoms in total. The Hall–Kier alpha value is -1.49. The van der Waals surface area contributed by atoms with Crippen LogP contribution in [0.25, 0.3) is 0 Å². The molecule has 2 rings (SSSR count). The topological polar surface area (TPSA) is 117 Å². The van der Waals surface area contributed by atoms with Crippen molar-refractivity contribution in [2.75, 3.05) is 44.4 Å². The third-order valence-corrected chi connectivity index (χ3v) is 3.54. The molecule has 0 bridgehead atoms. The number of β-amino-alcohol motifs (C(OH)–C–C–N with tert-alkyl or cyclic N) is 1. The van der Waals surface area contributed by atoms with Crippen molar-refractivity contribution in [1.29, 1.82) is 0 Å². The highest BCUT2D eigenvalue weighted by Crippen LogP contribution is 2.26. The number of rotatable bonds is 6. The molecule has 1 aliphatic heterocycles. The summed E-state index contributed by atoms with van der Waals surface area (Å²) in [6, 6.07) is 0. The number of carboxylic acids is 1. The maximum atomic E-state index is 9.95. The van der Waals surface area contributed by atoms with E-state index >= 15 is 0 Å². The maximum absolute atomic E-state index is 9.95. The minimum absolute atomic E-state index is 0.0257. The SMILES string of the molecule is CC(=O)O.CC(C)(C)NC[C@H](O)COc1nsnc1N1CCOCC1. The van der Waals surface area contributed by atoms with E-state index in [9.17, 15) is 5.11 Å². The summed E-state index contributed by atoms with van der Waals surface area (Å²) in [5.74, 6) is 0.413. The summed E-state index contributed by atoms with van der Waals surface area (Å²) in [4.78, 5) is 11.1. The van der Waals surface area contributed by atoms with Gasteiger partial charge < -0.3 is 29.9 Å². The first-order chi connectivity index (χ1) is 11.7. The van der Waals surface area contributed by atoms with Crippen LogP contribution in [-0.4, -0.2) is 76.0 Å². The van der Waals surface area contributed by atoms with Gasteiger partial charge in [-0.2, -0.15) is 4.37 Å². The lowest BCUT2D eigenvalue weighted by Crippen LogP contribution is -2.42. The molecule has 0 radical (unpaired) electrons. The fraction of sp³-hybridized carbons (Fsp3) is 0.800. The predicted molar refractivity (Wildman–Crippen MR) is 95.5 cm³/mol. The lowest BCUT2D eigenvalue weighted by atomic mass is 10.1. The van der Waals surface area contributed by atoms with Gasteiger partial charge in [0.05, 0.1) is 24.9 Å². The van der Waals surface area contributed by atoms with Crippen molar-refractivity contribution in [3.8, 4) is 5.88 Å². The number of nitrogens with one attached hydrogen (secondary N) is 1. The van der Waals surface area contributed by atoms with Gasteiger partial charge in [-0.25, -0.2) is 0 Å². The van der Waals surface area contributed by atoms with Crippen LogP contribution in [0.3, 0.4) is 0 Å². The Morgan fingerprint density at radius 2 is 2.00 bits per heavy atom. The molecule has 0 unspecified atom stereocenters. The minimum Gasteiger partial charge on any atom is -0.481 e. The Morgan fingerprint density at radius 1 is 1.40 bits per heavy atom. The number of nitrogens with zero attached hydrogens (tertiary/aromatic N) is 3. The quantitative estimate of drug-likeness (QED) is 0.656. The van der Waals surface area contributed by atoms with Gasteiger partial charge in [-0.15, -0.1) is 4.37 Å². The minimum atomic E-state index is -0.833. The average Bonchev–Trinajstić information content (AvgIpc) is 2.99. The lowest BCUT2D eigenvalue weighted by molar-refractivity contribution is -0.134. The lowest BCUT2D eigenvalue weighted by Gasteiger charge is -2.27. The number of carboxylic acid groups (broad SMARTS) is 1. The highest BCUT2D eigenvalue weighted by molar-refractivity contribution is 6.99. The fourth-order valence-electron chi connectivity index (χ4n) is 1.89. The van der Waals surface area contributed by atoms with Crippen LogP contribution in [0, 0.1) is 0 Å². The van der Waals surface area contributed by atoms with E-state index in [2.05, 4.69) is 39.7 Å². The zero-order valence-corrected chi connectivity index (χ0v) is 16.0. The molecule has 10 heteroatoms. The molecule has 0 amide bonds. The smallest absolute Gasteiger partial charge is 0.300 e. The van der Waals surface area contributed by atoms with Crippen molar-refractivity contribution >= 4 is 23.5 Å². The van der Waals surface area contributed by atoms with Gasteiger partial charge in [-0.3, -0.25) is 4.79 Å². The van der Waals surface area contributed by atoms with E-state index in [-0.39, 0.29) is 12.1 Å². The highest BCUT2D eigenvalue weighted by Gasteiger charge is 2.21. The van der Waals surface area contributed by atoms with Crippen LogP contribution in [0.5, 0.6) is 5.88 Å². The molecule has 25 heavy (non-hydrogen) atoms. The fourth-order valence-corrected chi connectivity index (χ4v) is 2.41. The maximum Gasteiger partial charge on any atom is 0.300 e. The van der Waals surface area contributed by atoms with Gasteiger partial charge in [0.25, 0.3) is 11.8 Å². The molecule has 1 atom stereocenters. The van der Waals surface area contributed by atoms with Crippen LogP contribution in [0.15, 0.2) is 0 Å². The zero-order chi connectivity index (χ0) is 18.9. The number of aromatic nitrogens is 2. The van der Waals surface area contributed by atoms with E-state index in [1.165, 1.54) is 0 Å². The van der Waals surface area contributed by atoms with Gasteiger partial charge in [-0.1, -0.05) is 0 Å². The van der Waals surface area contributed by atoms with Crippen LogP contribution < -0.4 is 15.0 Å². The monoisotopic (exact) mass is 376 g/mol. The van der Waals surface area contributed by atoms with Crippen molar-refractivity contribution in [3.05, 3.63) is 0 Å². The number of hydrogen-bond acceptors (Lipinski definition) is 9. The third kappa shape index (κ3) is 9.54. The van der Waals surface area contributed by atoms with Gasteiger partial charge in [-0.05, 0) is 20.8 Å². The number of aliphatic hydroxyl groups excluding tert-OH is 1. The molecule has 144 valence electrons. The number of aliphatic carboxylic acids is 1. The Bertz CT molecular complexity index is 510. The molecule has 1 aromatic heterocycles. The van der Waals surface area contributed by atoms with Crippen molar-refractivity contribution in [2.45, 2.75) is 39.3 Å². The number of hydrogen-bond donors (Lipinski definition) is 3. The molecular formula is C15H28N4O5S. The molecule has 1 aliphatic rings. The standard InChI is InChI=1S/C13H24N4O3S.C2H4O2/c1-13(2,3)14-8-10(18)9-20-12-11(15-21-16-12)17-4-6-19-7-5-17;1-2(3)4/h10,14,18H,4-9H2,1-3H3;1H3,(H,3,4)/t10-;/m0./s1. The number of anilines is 1. The van der Waals surface area contributed by atoms with E-state index in [0.717, 1.165) is 37.6 Å². The van der Waals surface area contributed by atoms with Crippen LogP contribution in [-0.2, 0) is 9.53 Å². The molecule has 1 aromatic rings. The molecule has 1 saturated heterocycles. The molecule has 1 fully saturated rings. The third-order valence-electron chi connectivity index (χ3n) is 3.03.